The Kier molecular flexibility index (Phi) is 5.33. The van der Waals surface area contributed by atoms with Crippen LogP contribution >= 0.6 is 25.3 Å². The zero-order valence-corrected chi connectivity index (χ0v) is 6.27. The maximum Gasteiger partial charge on any atom is 0.0576 e. The summed E-state index contributed by atoms with van der Waals surface area (Å²) in [5.41, 5.74) is 0. The van der Waals surface area contributed by atoms with Gasteiger partial charge in [0.1, 0.15) is 0 Å². The van der Waals surface area contributed by atoms with Crippen molar-refractivity contribution in [2.75, 3.05) is 0 Å². The Bertz CT molecular complexity index is 35.1. The molecule has 43 valence electrons. The molecule has 0 aliphatic carbocycles. The summed E-state index contributed by atoms with van der Waals surface area (Å²) in [6.07, 6.45) is 3.53. The second kappa shape index (κ2) is 4.85. The SMILES string of the molecule is CCCCC([S])S. The summed E-state index contributed by atoms with van der Waals surface area (Å²) in [5.74, 6) is 0. The summed E-state index contributed by atoms with van der Waals surface area (Å²) in [5, 5.41) is 0. The van der Waals surface area contributed by atoms with Gasteiger partial charge in [-0.2, -0.15) is 12.6 Å². The Balaban J connectivity index is 2.68. The zero-order valence-electron chi connectivity index (χ0n) is 4.55. The molecule has 0 spiro atoms. The third kappa shape index (κ3) is 6.70. The highest BCUT2D eigenvalue weighted by Gasteiger charge is 1.91. The third-order valence-electron chi connectivity index (χ3n) is 0.805. The van der Waals surface area contributed by atoms with Gasteiger partial charge in [-0.15, -0.1) is 0 Å². The van der Waals surface area contributed by atoms with Gasteiger partial charge in [0.15, 0.2) is 0 Å². The Morgan fingerprint density at radius 2 is 2.29 bits per heavy atom. The number of rotatable bonds is 3. The van der Waals surface area contributed by atoms with Crippen LogP contribution in [-0.4, -0.2) is 4.58 Å². The van der Waals surface area contributed by atoms with Gasteiger partial charge in [0.2, 0.25) is 0 Å². The first-order valence-corrected chi connectivity index (χ1v) is 3.60. The molecule has 0 N–H and O–H groups in total. The van der Waals surface area contributed by atoms with Crippen LogP contribution in [0.15, 0.2) is 0 Å². The summed E-state index contributed by atoms with van der Waals surface area (Å²) in [4.78, 5) is 0. The smallest absolute Gasteiger partial charge is 0.0576 e. The molecule has 0 aromatic heterocycles. The molecule has 0 aromatic carbocycles. The molecule has 0 saturated carbocycles. The van der Waals surface area contributed by atoms with Crippen LogP contribution in [0.1, 0.15) is 26.2 Å². The second-order valence-corrected chi connectivity index (χ2v) is 3.14. The highest BCUT2D eigenvalue weighted by atomic mass is 32.2. The van der Waals surface area contributed by atoms with E-state index in [-0.39, 0.29) is 4.58 Å². The fourth-order valence-electron chi connectivity index (χ4n) is 0.379. The van der Waals surface area contributed by atoms with E-state index in [9.17, 15) is 0 Å². The van der Waals surface area contributed by atoms with E-state index < -0.39 is 0 Å². The monoisotopic (exact) mass is 135 g/mol. The van der Waals surface area contributed by atoms with Crippen molar-refractivity contribution in [3.05, 3.63) is 0 Å². The van der Waals surface area contributed by atoms with E-state index in [4.69, 9.17) is 12.6 Å². The van der Waals surface area contributed by atoms with Gasteiger partial charge in [-0.25, -0.2) is 0 Å². The molecular weight excluding hydrogens is 124 g/mol. The minimum absolute atomic E-state index is 0.181. The minimum atomic E-state index is 0.181. The van der Waals surface area contributed by atoms with E-state index in [1.807, 2.05) is 0 Å². The van der Waals surface area contributed by atoms with E-state index in [1.54, 1.807) is 0 Å². The molecule has 0 nitrogen and oxygen atoms in total. The van der Waals surface area contributed by atoms with Crippen molar-refractivity contribution < 1.29 is 0 Å². The van der Waals surface area contributed by atoms with Crippen molar-refractivity contribution in [2.24, 2.45) is 0 Å². The van der Waals surface area contributed by atoms with Crippen molar-refractivity contribution in [2.45, 2.75) is 30.8 Å². The van der Waals surface area contributed by atoms with Gasteiger partial charge in [-0.05, 0) is 6.42 Å². The second-order valence-electron chi connectivity index (χ2n) is 1.60. The van der Waals surface area contributed by atoms with Crippen LogP contribution in [0.5, 0.6) is 0 Å². The molecule has 0 amide bonds. The highest BCUT2D eigenvalue weighted by Crippen LogP contribution is 2.08. The summed E-state index contributed by atoms with van der Waals surface area (Å²) in [6, 6.07) is 0. The fraction of sp³-hybridized carbons (Fsp3) is 1.00. The first-order valence-electron chi connectivity index (χ1n) is 2.61. The van der Waals surface area contributed by atoms with Crippen molar-refractivity contribution in [1.29, 1.82) is 0 Å². The van der Waals surface area contributed by atoms with Gasteiger partial charge in [-0.3, -0.25) is 0 Å². The lowest BCUT2D eigenvalue weighted by atomic mass is 10.3. The van der Waals surface area contributed by atoms with Crippen LogP contribution in [0.4, 0.5) is 0 Å². The predicted octanol–water partition coefficient (Wildman–Crippen LogP) is 2.63. The molecule has 0 aromatic rings. The number of hydrogen-bond acceptors (Lipinski definition) is 1. The average molecular weight is 135 g/mol. The normalized spacial score (nSPS) is 10.3. The molecule has 0 aliphatic heterocycles. The Morgan fingerprint density at radius 3 is 2.43 bits per heavy atom. The van der Waals surface area contributed by atoms with E-state index in [0.29, 0.717) is 0 Å². The van der Waals surface area contributed by atoms with Crippen LogP contribution in [0.3, 0.4) is 0 Å². The topological polar surface area (TPSA) is 0 Å². The third-order valence-corrected chi connectivity index (χ3v) is 1.30. The maximum absolute atomic E-state index is 4.81. The van der Waals surface area contributed by atoms with Crippen molar-refractivity contribution in [3.63, 3.8) is 0 Å². The maximum atomic E-state index is 4.81. The van der Waals surface area contributed by atoms with E-state index >= 15 is 0 Å². The lowest BCUT2D eigenvalue weighted by molar-refractivity contribution is 0.766. The summed E-state index contributed by atoms with van der Waals surface area (Å²) >= 11 is 8.86. The van der Waals surface area contributed by atoms with Crippen molar-refractivity contribution in [1.82, 2.24) is 0 Å². The van der Waals surface area contributed by atoms with Crippen molar-refractivity contribution >= 4 is 25.3 Å². The summed E-state index contributed by atoms with van der Waals surface area (Å²) in [6.45, 7) is 2.16. The number of unbranched alkanes of at least 4 members (excludes halogenated alkanes) is 1. The zero-order chi connectivity index (χ0) is 5.70. The molecule has 7 heavy (non-hydrogen) atoms. The molecule has 1 atom stereocenters. The van der Waals surface area contributed by atoms with E-state index in [0.717, 1.165) is 6.42 Å². The molecule has 0 rings (SSSR count). The highest BCUT2D eigenvalue weighted by molar-refractivity contribution is 7.99. The van der Waals surface area contributed by atoms with Gasteiger partial charge in [0.05, 0.1) is 4.58 Å². The van der Waals surface area contributed by atoms with Gasteiger partial charge in [0, 0.05) is 0 Å². The Labute approximate surface area is 56.5 Å². The van der Waals surface area contributed by atoms with Crippen LogP contribution in [-0.2, 0) is 0 Å². The largest absolute Gasteiger partial charge is 0.164 e. The van der Waals surface area contributed by atoms with Crippen LogP contribution in [0, 0.1) is 0 Å². The summed E-state index contributed by atoms with van der Waals surface area (Å²) in [7, 11) is 0. The molecule has 0 aliphatic rings. The lowest BCUT2D eigenvalue weighted by Crippen LogP contribution is -1.83. The van der Waals surface area contributed by atoms with Gasteiger partial charge in [0.25, 0.3) is 0 Å². The molecule has 0 bridgehead atoms. The van der Waals surface area contributed by atoms with Gasteiger partial charge in [-0.1, -0.05) is 32.4 Å². The van der Waals surface area contributed by atoms with Gasteiger partial charge < -0.3 is 0 Å². The number of thiol groups is 1. The molecule has 1 unspecified atom stereocenters. The number of hydrogen-bond donors (Lipinski definition) is 1. The molecule has 0 heterocycles. The summed E-state index contributed by atoms with van der Waals surface area (Å²) < 4.78 is 0.181. The molecular formula is C5H11S2. The van der Waals surface area contributed by atoms with E-state index in [1.165, 1.54) is 12.8 Å². The molecule has 1 radical (unpaired) electrons. The average Bonchev–Trinajstić information content (AvgIpc) is 1.61. The molecule has 0 saturated heterocycles. The minimum Gasteiger partial charge on any atom is -0.164 e. The lowest BCUT2D eigenvalue weighted by Gasteiger charge is -1.96. The van der Waals surface area contributed by atoms with Crippen LogP contribution in [0.2, 0.25) is 0 Å². The first-order chi connectivity index (χ1) is 3.27. The van der Waals surface area contributed by atoms with E-state index in [2.05, 4.69) is 19.6 Å². The van der Waals surface area contributed by atoms with Crippen molar-refractivity contribution in [3.8, 4) is 0 Å². The van der Waals surface area contributed by atoms with Gasteiger partial charge >= 0.3 is 0 Å². The molecule has 0 fully saturated rings. The first kappa shape index (κ1) is 7.70. The van der Waals surface area contributed by atoms with Crippen LogP contribution in [0.25, 0.3) is 0 Å². The fourth-order valence-corrected chi connectivity index (χ4v) is 0.728. The predicted molar refractivity (Wildman–Crippen MR) is 39.9 cm³/mol. The standard InChI is InChI=1S/C5H11S2/c1-2-3-4-5(6)7/h5-6H,2-4H2,1H3. The quantitative estimate of drug-likeness (QED) is 0.565. The molecule has 2 heteroatoms. The Hall–Kier alpha value is 0.700. The van der Waals surface area contributed by atoms with Crippen LogP contribution < -0.4 is 0 Å². The Morgan fingerprint density at radius 1 is 1.71 bits per heavy atom.